The average molecular weight is 521 g/mol. The zero-order valence-corrected chi connectivity index (χ0v) is 19.0. The molecule has 2 N–H and O–H groups in total. The van der Waals surface area contributed by atoms with Gasteiger partial charge in [0.15, 0.2) is 0 Å². The number of carbonyl (C=O) groups excluding carboxylic acids is 2. The summed E-state index contributed by atoms with van der Waals surface area (Å²) in [7, 11) is 0. The molecule has 0 aromatic heterocycles. The van der Waals surface area contributed by atoms with Gasteiger partial charge in [0.25, 0.3) is 0 Å². The zero-order chi connectivity index (χ0) is 22.2. The predicted molar refractivity (Wildman–Crippen MR) is 126 cm³/mol. The van der Waals surface area contributed by atoms with E-state index in [1.54, 1.807) is 66.7 Å². The van der Waals surface area contributed by atoms with E-state index in [4.69, 9.17) is 27.9 Å². The molecular formula is C22H16BrCl2N3O3. The molecule has 0 fully saturated rings. The molecule has 9 heteroatoms. The van der Waals surface area contributed by atoms with Crippen molar-refractivity contribution in [2.45, 2.75) is 6.61 Å². The fourth-order valence-electron chi connectivity index (χ4n) is 2.39. The second kappa shape index (κ2) is 10.9. The van der Waals surface area contributed by atoms with Crippen molar-refractivity contribution in [2.75, 3.05) is 5.32 Å². The Morgan fingerprint density at radius 1 is 0.968 bits per heavy atom. The molecule has 0 radical (unpaired) electrons. The van der Waals surface area contributed by atoms with Crippen LogP contribution in [0, 0.1) is 0 Å². The SMILES string of the molecule is O=C(N/N=C/c1ccc(OCc2ccc(Cl)cc2Cl)cc1)C(=O)Nc1ccc(Br)cc1. The number of amides is 2. The van der Waals surface area contributed by atoms with Gasteiger partial charge in [-0.1, -0.05) is 45.2 Å². The molecule has 6 nitrogen and oxygen atoms in total. The van der Waals surface area contributed by atoms with Gasteiger partial charge in [-0.05, 0) is 66.2 Å². The van der Waals surface area contributed by atoms with Crippen LogP contribution >= 0.6 is 39.1 Å². The summed E-state index contributed by atoms with van der Waals surface area (Å²) in [6.07, 6.45) is 1.42. The molecule has 3 aromatic carbocycles. The summed E-state index contributed by atoms with van der Waals surface area (Å²) in [4.78, 5) is 23.7. The monoisotopic (exact) mass is 519 g/mol. The maximum atomic E-state index is 11.9. The molecule has 0 bridgehead atoms. The fraction of sp³-hybridized carbons (Fsp3) is 0.0455. The van der Waals surface area contributed by atoms with Gasteiger partial charge < -0.3 is 10.1 Å². The Morgan fingerprint density at radius 2 is 1.68 bits per heavy atom. The standard InChI is InChI=1S/C22H16BrCl2N3O3/c23-16-4-7-18(8-5-16)27-21(29)22(30)28-26-12-14-1-9-19(10-2-14)31-13-15-3-6-17(24)11-20(15)25/h1-12H,13H2,(H,27,29)(H,28,30)/b26-12+. The highest BCUT2D eigenvalue weighted by Gasteiger charge is 2.12. The van der Waals surface area contributed by atoms with Crippen LogP contribution in [0.25, 0.3) is 0 Å². The Morgan fingerprint density at radius 3 is 2.35 bits per heavy atom. The Hall–Kier alpha value is -2.87. The van der Waals surface area contributed by atoms with Crippen molar-refractivity contribution in [2.24, 2.45) is 5.10 Å². The van der Waals surface area contributed by atoms with E-state index in [1.165, 1.54) is 6.21 Å². The van der Waals surface area contributed by atoms with Gasteiger partial charge in [-0.15, -0.1) is 0 Å². The molecule has 0 aliphatic rings. The predicted octanol–water partition coefficient (Wildman–Crippen LogP) is 5.42. The molecular weight excluding hydrogens is 505 g/mol. The molecule has 158 valence electrons. The van der Waals surface area contributed by atoms with E-state index in [2.05, 4.69) is 31.8 Å². The topological polar surface area (TPSA) is 79.8 Å². The highest BCUT2D eigenvalue weighted by Crippen LogP contribution is 2.22. The van der Waals surface area contributed by atoms with E-state index in [1.807, 2.05) is 0 Å². The van der Waals surface area contributed by atoms with Crippen LogP contribution in [0.3, 0.4) is 0 Å². The number of hydrogen-bond acceptors (Lipinski definition) is 4. The number of halogens is 3. The van der Waals surface area contributed by atoms with Crippen LogP contribution in [-0.2, 0) is 16.2 Å². The first kappa shape index (κ1) is 22.8. The van der Waals surface area contributed by atoms with Gasteiger partial charge in [-0.3, -0.25) is 9.59 Å². The van der Waals surface area contributed by atoms with Crippen molar-refractivity contribution in [1.82, 2.24) is 5.43 Å². The number of ether oxygens (including phenoxy) is 1. The fourth-order valence-corrected chi connectivity index (χ4v) is 3.11. The van der Waals surface area contributed by atoms with Crippen molar-refractivity contribution in [3.63, 3.8) is 0 Å². The van der Waals surface area contributed by atoms with E-state index in [0.717, 1.165) is 10.0 Å². The third-order valence-corrected chi connectivity index (χ3v) is 5.09. The number of nitrogens with one attached hydrogen (secondary N) is 2. The van der Waals surface area contributed by atoms with Crippen molar-refractivity contribution in [3.05, 3.63) is 92.4 Å². The number of hydrogen-bond donors (Lipinski definition) is 2. The first-order valence-electron chi connectivity index (χ1n) is 8.97. The molecule has 0 unspecified atom stereocenters. The van der Waals surface area contributed by atoms with Gasteiger partial charge in [0, 0.05) is 25.8 Å². The van der Waals surface area contributed by atoms with E-state index in [0.29, 0.717) is 33.7 Å². The lowest BCUT2D eigenvalue weighted by Gasteiger charge is -2.08. The Kier molecular flexibility index (Phi) is 8.06. The molecule has 2 amide bonds. The lowest BCUT2D eigenvalue weighted by molar-refractivity contribution is -0.136. The molecule has 0 spiro atoms. The van der Waals surface area contributed by atoms with Gasteiger partial charge in [0.05, 0.1) is 6.21 Å². The zero-order valence-electron chi connectivity index (χ0n) is 15.9. The number of hydrazone groups is 1. The molecule has 3 aromatic rings. The van der Waals surface area contributed by atoms with Gasteiger partial charge in [-0.25, -0.2) is 5.43 Å². The summed E-state index contributed by atoms with van der Waals surface area (Å²) in [6.45, 7) is 0.299. The molecule has 31 heavy (non-hydrogen) atoms. The first-order valence-corrected chi connectivity index (χ1v) is 10.5. The van der Waals surface area contributed by atoms with Crippen LogP contribution in [0.15, 0.2) is 76.3 Å². The first-order chi connectivity index (χ1) is 14.9. The molecule has 0 aliphatic carbocycles. The van der Waals surface area contributed by atoms with Crippen LogP contribution in [0.1, 0.15) is 11.1 Å². The lowest BCUT2D eigenvalue weighted by Crippen LogP contribution is -2.32. The summed E-state index contributed by atoms with van der Waals surface area (Å²) in [5.41, 5.74) is 4.22. The van der Waals surface area contributed by atoms with Gasteiger partial charge in [-0.2, -0.15) is 5.10 Å². The Balaban J connectivity index is 1.48. The second-order valence-corrected chi connectivity index (χ2v) is 8.01. The number of carbonyl (C=O) groups is 2. The molecule has 0 heterocycles. The lowest BCUT2D eigenvalue weighted by atomic mass is 10.2. The molecule has 0 aliphatic heterocycles. The summed E-state index contributed by atoms with van der Waals surface area (Å²) < 4.78 is 6.57. The van der Waals surface area contributed by atoms with Crippen molar-refractivity contribution >= 4 is 62.8 Å². The smallest absolute Gasteiger partial charge is 0.329 e. The van der Waals surface area contributed by atoms with Crippen molar-refractivity contribution in [3.8, 4) is 5.75 Å². The largest absolute Gasteiger partial charge is 0.489 e. The highest BCUT2D eigenvalue weighted by molar-refractivity contribution is 9.10. The van der Waals surface area contributed by atoms with Crippen LogP contribution in [0.5, 0.6) is 5.75 Å². The molecule has 0 saturated heterocycles. The summed E-state index contributed by atoms with van der Waals surface area (Å²) in [6, 6.07) is 19.1. The maximum Gasteiger partial charge on any atom is 0.329 e. The third kappa shape index (κ3) is 7.10. The third-order valence-electron chi connectivity index (χ3n) is 3.98. The second-order valence-electron chi connectivity index (χ2n) is 6.25. The van der Waals surface area contributed by atoms with Crippen LogP contribution < -0.4 is 15.5 Å². The number of benzene rings is 3. The minimum atomic E-state index is -0.876. The van der Waals surface area contributed by atoms with Gasteiger partial charge in [0.2, 0.25) is 0 Å². The van der Waals surface area contributed by atoms with E-state index < -0.39 is 11.8 Å². The summed E-state index contributed by atoms with van der Waals surface area (Å²) >= 11 is 15.3. The molecule has 0 atom stereocenters. The highest BCUT2D eigenvalue weighted by atomic mass is 79.9. The Labute approximate surface area is 197 Å². The van der Waals surface area contributed by atoms with Crippen LogP contribution in [0.2, 0.25) is 10.0 Å². The van der Waals surface area contributed by atoms with E-state index in [9.17, 15) is 9.59 Å². The minimum Gasteiger partial charge on any atom is -0.489 e. The number of nitrogens with zero attached hydrogens (tertiary/aromatic N) is 1. The van der Waals surface area contributed by atoms with Crippen LogP contribution in [-0.4, -0.2) is 18.0 Å². The summed E-state index contributed by atoms with van der Waals surface area (Å²) in [5, 5.41) is 7.38. The average Bonchev–Trinajstić information content (AvgIpc) is 2.75. The van der Waals surface area contributed by atoms with E-state index in [-0.39, 0.29) is 0 Å². The van der Waals surface area contributed by atoms with E-state index >= 15 is 0 Å². The number of anilines is 1. The van der Waals surface area contributed by atoms with Gasteiger partial charge in [0.1, 0.15) is 12.4 Å². The van der Waals surface area contributed by atoms with Crippen molar-refractivity contribution in [1.29, 1.82) is 0 Å². The normalized spacial score (nSPS) is 10.7. The quantitative estimate of drug-likeness (QED) is 0.258. The molecule has 0 saturated carbocycles. The molecule has 3 rings (SSSR count). The number of rotatable bonds is 6. The van der Waals surface area contributed by atoms with Gasteiger partial charge >= 0.3 is 11.8 Å². The Bertz CT molecular complexity index is 1100. The summed E-state index contributed by atoms with van der Waals surface area (Å²) in [5.74, 6) is -1.05. The maximum absolute atomic E-state index is 11.9. The van der Waals surface area contributed by atoms with Crippen LogP contribution in [0.4, 0.5) is 5.69 Å². The minimum absolute atomic E-state index is 0.299. The van der Waals surface area contributed by atoms with Crippen molar-refractivity contribution < 1.29 is 14.3 Å².